The Labute approximate surface area is 95.5 Å². The monoisotopic (exact) mass is 216 g/mol. The minimum absolute atomic E-state index is 0.534. The topological polar surface area (TPSA) is 33.2 Å². The lowest BCUT2D eigenvalue weighted by Crippen LogP contribution is -2.26. The molecule has 84 valence electrons. The second-order valence-corrected chi connectivity index (χ2v) is 5.53. The summed E-state index contributed by atoms with van der Waals surface area (Å²) in [5.41, 5.74) is 2.29. The first-order valence-electron chi connectivity index (χ1n) is 5.78. The molecule has 0 N–H and O–H groups in total. The third-order valence-electron chi connectivity index (χ3n) is 4.37. The second-order valence-electron chi connectivity index (χ2n) is 5.53. The Morgan fingerprint density at radius 1 is 1.38 bits per heavy atom. The van der Waals surface area contributed by atoms with Crippen LogP contribution >= 0.6 is 0 Å². The summed E-state index contributed by atoms with van der Waals surface area (Å²) in [7, 11) is 0. The first-order chi connectivity index (χ1) is 7.63. The molecular weight excluding hydrogens is 200 g/mol. The first kappa shape index (κ1) is 9.82. The molecule has 3 nitrogen and oxygen atoms in total. The third-order valence-corrected chi connectivity index (χ3v) is 4.37. The van der Waals surface area contributed by atoms with Crippen molar-refractivity contribution in [3.05, 3.63) is 24.0 Å². The van der Waals surface area contributed by atoms with Crippen LogP contribution in [0.3, 0.4) is 0 Å². The molecule has 0 aromatic carbocycles. The van der Waals surface area contributed by atoms with Gasteiger partial charge in [-0.3, -0.25) is 9.78 Å². The van der Waals surface area contributed by atoms with Gasteiger partial charge in [0, 0.05) is 24.8 Å². The van der Waals surface area contributed by atoms with Crippen LogP contribution in [0.2, 0.25) is 0 Å². The molecule has 0 amide bonds. The lowest BCUT2D eigenvalue weighted by molar-refractivity contribution is 0.112. The molecule has 0 spiro atoms. The summed E-state index contributed by atoms with van der Waals surface area (Å²) in [4.78, 5) is 17.1. The largest absolute Gasteiger partial charge is 0.370 e. The predicted molar refractivity (Wildman–Crippen MR) is 62.6 cm³/mol. The standard InChI is InChI=1S/C13H16N2O/c1-13(2)11-6-15(7-12(11)13)10-3-9(8-16)4-14-5-10/h3-5,8,11-12H,6-7H2,1-2H3. The SMILES string of the molecule is CC1(C)C2CN(c3cncc(C=O)c3)CC21. The van der Waals surface area contributed by atoms with Gasteiger partial charge >= 0.3 is 0 Å². The van der Waals surface area contributed by atoms with Crippen molar-refractivity contribution in [2.45, 2.75) is 13.8 Å². The van der Waals surface area contributed by atoms with Gasteiger partial charge in [0.25, 0.3) is 0 Å². The Hall–Kier alpha value is -1.38. The molecule has 1 aromatic rings. The zero-order chi connectivity index (χ0) is 11.3. The molecule has 1 aliphatic heterocycles. The first-order valence-corrected chi connectivity index (χ1v) is 5.78. The van der Waals surface area contributed by atoms with Crippen LogP contribution in [0.25, 0.3) is 0 Å². The summed E-state index contributed by atoms with van der Waals surface area (Å²) in [6, 6.07) is 1.93. The highest BCUT2D eigenvalue weighted by atomic mass is 16.1. The average molecular weight is 216 g/mol. The average Bonchev–Trinajstić information content (AvgIpc) is 2.72. The van der Waals surface area contributed by atoms with E-state index in [4.69, 9.17) is 0 Å². The van der Waals surface area contributed by atoms with Gasteiger partial charge in [-0.2, -0.15) is 0 Å². The summed E-state index contributed by atoms with van der Waals surface area (Å²) in [5.74, 6) is 1.65. The number of anilines is 1. The van der Waals surface area contributed by atoms with Crippen LogP contribution in [0.1, 0.15) is 24.2 Å². The van der Waals surface area contributed by atoms with Crippen molar-refractivity contribution in [2.24, 2.45) is 17.3 Å². The quantitative estimate of drug-likeness (QED) is 0.709. The third kappa shape index (κ3) is 1.27. The molecule has 3 heteroatoms. The fraction of sp³-hybridized carbons (Fsp3) is 0.538. The fourth-order valence-corrected chi connectivity index (χ4v) is 3.03. The van der Waals surface area contributed by atoms with Crippen LogP contribution in [0.15, 0.2) is 18.5 Å². The van der Waals surface area contributed by atoms with Gasteiger partial charge in [0.05, 0.1) is 11.9 Å². The number of piperidine rings is 1. The number of rotatable bonds is 2. The van der Waals surface area contributed by atoms with Crippen LogP contribution in [-0.2, 0) is 0 Å². The van der Waals surface area contributed by atoms with Gasteiger partial charge in [0.2, 0.25) is 0 Å². The van der Waals surface area contributed by atoms with E-state index in [0.717, 1.165) is 36.9 Å². The van der Waals surface area contributed by atoms with Crippen molar-refractivity contribution in [2.75, 3.05) is 18.0 Å². The minimum Gasteiger partial charge on any atom is -0.370 e. The summed E-state index contributed by atoms with van der Waals surface area (Å²) in [6.45, 7) is 6.92. The smallest absolute Gasteiger partial charge is 0.151 e. The van der Waals surface area contributed by atoms with Gasteiger partial charge in [-0.15, -0.1) is 0 Å². The van der Waals surface area contributed by atoms with Gasteiger partial charge in [-0.1, -0.05) is 13.8 Å². The Morgan fingerprint density at radius 3 is 2.69 bits per heavy atom. The maximum absolute atomic E-state index is 10.7. The van der Waals surface area contributed by atoms with Gasteiger partial charge in [0.1, 0.15) is 0 Å². The molecule has 2 aliphatic rings. The molecule has 3 rings (SSSR count). The number of pyridine rings is 1. The fourth-order valence-electron chi connectivity index (χ4n) is 3.03. The summed E-state index contributed by atoms with van der Waals surface area (Å²) < 4.78 is 0. The zero-order valence-corrected chi connectivity index (χ0v) is 9.68. The Bertz CT molecular complexity index is 427. The summed E-state index contributed by atoms with van der Waals surface area (Å²) >= 11 is 0. The Kier molecular flexibility index (Phi) is 1.88. The van der Waals surface area contributed by atoms with Gasteiger partial charge in [-0.05, 0) is 23.3 Å². The van der Waals surface area contributed by atoms with Crippen LogP contribution in [0, 0.1) is 17.3 Å². The van der Waals surface area contributed by atoms with Crippen molar-refractivity contribution < 1.29 is 4.79 Å². The molecule has 0 bridgehead atoms. The van der Waals surface area contributed by atoms with Gasteiger partial charge in [0.15, 0.2) is 6.29 Å². The molecule has 1 saturated heterocycles. The lowest BCUT2D eigenvalue weighted by atomic mass is 10.1. The molecule has 2 atom stereocenters. The Morgan fingerprint density at radius 2 is 2.06 bits per heavy atom. The molecule has 1 aliphatic carbocycles. The van der Waals surface area contributed by atoms with E-state index in [1.54, 1.807) is 6.20 Å². The van der Waals surface area contributed by atoms with E-state index in [-0.39, 0.29) is 0 Å². The van der Waals surface area contributed by atoms with Crippen LogP contribution in [-0.4, -0.2) is 24.4 Å². The number of aldehydes is 1. The van der Waals surface area contributed by atoms with Crippen molar-refractivity contribution in [3.63, 3.8) is 0 Å². The summed E-state index contributed by atoms with van der Waals surface area (Å²) in [5, 5.41) is 0. The van der Waals surface area contributed by atoms with Crippen molar-refractivity contribution in [1.29, 1.82) is 0 Å². The van der Waals surface area contributed by atoms with Crippen LogP contribution in [0.5, 0.6) is 0 Å². The van der Waals surface area contributed by atoms with E-state index in [0.29, 0.717) is 11.0 Å². The van der Waals surface area contributed by atoms with E-state index in [2.05, 4.69) is 23.7 Å². The van der Waals surface area contributed by atoms with Crippen LogP contribution < -0.4 is 4.90 Å². The number of aromatic nitrogens is 1. The highest BCUT2D eigenvalue weighted by Gasteiger charge is 2.61. The molecule has 2 fully saturated rings. The number of fused-ring (bicyclic) bond motifs is 1. The molecule has 1 saturated carbocycles. The van der Waals surface area contributed by atoms with E-state index in [1.807, 2.05) is 12.3 Å². The second kappa shape index (κ2) is 3.06. The number of carbonyl (C=O) groups is 1. The molecule has 0 radical (unpaired) electrons. The van der Waals surface area contributed by atoms with E-state index < -0.39 is 0 Å². The van der Waals surface area contributed by atoms with Gasteiger partial charge in [-0.25, -0.2) is 0 Å². The molecule has 2 heterocycles. The van der Waals surface area contributed by atoms with Gasteiger partial charge < -0.3 is 4.90 Å². The summed E-state index contributed by atoms with van der Waals surface area (Å²) in [6.07, 6.45) is 4.32. The van der Waals surface area contributed by atoms with Crippen LogP contribution in [0.4, 0.5) is 5.69 Å². The van der Waals surface area contributed by atoms with E-state index >= 15 is 0 Å². The molecular formula is C13H16N2O. The Balaban J connectivity index is 1.78. The molecule has 2 unspecified atom stereocenters. The normalized spacial score (nSPS) is 30.0. The maximum Gasteiger partial charge on any atom is 0.151 e. The van der Waals surface area contributed by atoms with Crippen molar-refractivity contribution in [3.8, 4) is 0 Å². The number of carbonyl (C=O) groups excluding carboxylic acids is 1. The van der Waals surface area contributed by atoms with Crippen molar-refractivity contribution in [1.82, 2.24) is 4.98 Å². The van der Waals surface area contributed by atoms with E-state index in [9.17, 15) is 4.79 Å². The highest BCUT2D eigenvalue weighted by molar-refractivity contribution is 5.76. The lowest BCUT2D eigenvalue weighted by Gasteiger charge is -2.23. The molecule has 16 heavy (non-hydrogen) atoms. The maximum atomic E-state index is 10.7. The zero-order valence-electron chi connectivity index (χ0n) is 9.68. The predicted octanol–water partition coefficient (Wildman–Crippen LogP) is 1.99. The molecule has 1 aromatic heterocycles. The van der Waals surface area contributed by atoms with E-state index in [1.165, 1.54) is 0 Å². The van der Waals surface area contributed by atoms with Crippen molar-refractivity contribution >= 4 is 12.0 Å². The number of hydrogen-bond donors (Lipinski definition) is 0. The number of nitrogens with zero attached hydrogens (tertiary/aromatic N) is 2. The minimum atomic E-state index is 0.534. The number of hydrogen-bond acceptors (Lipinski definition) is 3. The highest BCUT2D eigenvalue weighted by Crippen LogP contribution is 2.62.